The van der Waals surface area contributed by atoms with Gasteiger partial charge in [-0.2, -0.15) is 0 Å². The van der Waals surface area contributed by atoms with Crippen molar-refractivity contribution in [3.63, 3.8) is 0 Å². The standard InChI is InChI=1S/C52H83N5O12Si2/c1-34(2)31-38(55-48(62)65-33-36-21-18-17-19-22-36)45(60)54-29-20-28-53-40(47(61)67-50(3,4)5)41(59)42-43(68-70(13,14)51(6,7)8)44(69-71(15,16)52(9,10)11)46(66-42)56-30-27-39(58)57(49(56)63)32-35-23-25-37(64-12)26-24-35/h17-19,21-27,30,34,38,40-44,46,53,59H,20,28-29,31-33H2,1-16H3,(H,54,60)(H,55,62)/t38-,40+,41?,42-,43-,44-,46-/m1/s1. The molecule has 3 aromatic rings. The SMILES string of the molecule is COc1ccc(Cn2c(=O)ccn([C@@H]3O[C@H](C(O)[C@H](NCCCNC(=O)[C@@H](CC(C)C)NC(=O)OCc4ccccc4)C(=O)OC(C)(C)C)[C@@H](O[Si](C)(C)C(C)(C)C)[C@H]3O[Si](C)(C)C(C)(C)C)c2=O)cc1. The Morgan fingerprint density at radius 1 is 0.803 bits per heavy atom. The van der Waals surface area contributed by atoms with Crippen molar-refractivity contribution in [2.45, 2.75) is 187 Å². The third-order valence-corrected chi connectivity index (χ3v) is 22.4. The van der Waals surface area contributed by atoms with Crippen molar-refractivity contribution in [2.75, 3.05) is 20.2 Å². The van der Waals surface area contributed by atoms with Crippen LogP contribution in [-0.4, -0.2) is 111 Å². The van der Waals surface area contributed by atoms with E-state index in [2.05, 4.69) is 83.7 Å². The largest absolute Gasteiger partial charge is 0.497 e. The fraction of sp³-hybridized carbons (Fsp3) is 0.635. The molecule has 396 valence electrons. The van der Waals surface area contributed by atoms with Gasteiger partial charge in [-0.3, -0.25) is 23.5 Å². The summed E-state index contributed by atoms with van der Waals surface area (Å²) < 4.78 is 40.4. The van der Waals surface area contributed by atoms with Crippen molar-refractivity contribution < 1.29 is 47.3 Å². The molecule has 4 N–H and O–H groups in total. The van der Waals surface area contributed by atoms with Crippen LogP contribution in [-0.2, 0) is 45.8 Å². The third kappa shape index (κ3) is 16.4. The van der Waals surface area contributed by atoms with Crippen LogP contribution < -0.4 is 31.9 Å². The normalized spacial score (nSPS) is 19.2. The minimum Gasteiger partial charge on any atom is -0.497 e. The number of ether oxygens (including phenoxy) is 4. The Bertz CT molecular complexity index is 2340. The molecule has 19 heteroatoms. The monoisotopic (exact) mass is 1030 g/mol. The number of methoxy groups -OCH3 is 1. The first kappa shape index (κ1) is 58.9. The molecule has 7 atom stereocenters. The lowest BCUT2D eigenvalue weighted by atomic mass is 9.99. The second kappa shape index (κ2) is 24.4. The van der Waals surface area contributed by atoms with Crippen molar-refractivity contribution in [2.24, 2.45) is 5.92 Å². The zero-order chi connectivity index (χ0) is 53.3. The molecular formula is C52H83N5O12Si2. The van der Waals surface area contributed by atoms with E-state index in [1.54, 1.807) is 52.1 Å². The van der Waals surface area contributed by atoms with Crippen LogP contribution in [0.5, 0.6) is 5.75 Å². The molecule has 0 bridgehead atoms. The van der Waals surface area contributed by atoms with Gasteiger partial charge in [-0.15, -0.1) is 0 Å². The van der Waals surface area contributed by atoms with Crippen LogP contribution in [0.25, 0.3) is 0 Å². The number of hydrogen-bond acceptors (Lipinski definition) is 13. The fourth-order valence-electron chi connectivity index (χ4n) is 7.43. The van der Waals surface area contributed by atoms with Gasteiger partial charge in [-0.25, -0.2) is 9.59 Å². The van der Waals surface area contributed by atoms with Gasteiger partial charge in [0.05, 0.1) is 13.7 Å². The highest BCUT2D eigenvalue weighted by Gasteiger charge is 2.58. The molecule has 71 heavy (non-hydrogen) atoms. The highest BCUT2D eigenvalue weighted by Crippen LogP contribution is 2.46. The summed E-state index contributed by atoms with van der Waals surface area (Å²) >= 11 is 0. The highest BCUT2D eigenvalue weighted by atomic mass is 28.4. The second-order valence-electron chi connectivity index (χ2n) is 22.9. The van der Waals surface area contributed by atoms with E-state index in [0.717, 1.165) is 10.1 Å². The van der Waals surface area contributed by atoms with Crippen molar-refractivity contribution in [3.8, 4) is 5.75 Å². The lowest BCUT2D eigenvalue weighted by Crippen LogP contribution is -2.59. The van der Waals surface area contributed by atoms with Gasteiger partial charge < -0.3 is 48.9 Å². The number of benzene rings is 2. The minimum atomic E-state index is -2.76. The summed E-state index contributed by atoms with van der Waals surface area (Å²) in [5.41, 5.74) is -0.630. The number of carbonyl (C=O) groups is 3. The van der Waals surface area contributed by atoms with E-state index < -0.39 is 94.2 Å². The molecule has 1 aromatic heterocycles. The Kier molecular flexibility index (Phi) is 20.2. The number of amides is 2. The maximum atomic E-state index is 14.7. The Hall–Kier alpha value is -4.64. The Morgan fingerprint density at radius 2 is 1.39 bits per heavy atom. The van der Waals surface area contributed by atoms with Crippen LogP contribution in [0.4, 0.5) is 4.79 Å². The first-order chi connectivity index (χ1) is 32.9. The zero-order valence-electron chi connectivity index (χ0n) is 45.0. The molecule has 2 aromatic carbocycles. The fourth-order valence-corrected chi connectivity index (χ4v) is 10.0. The summed E-state index contributed by atoms with van der Waals surface area (Å²) in [6.07, 6.45) is -4.78. The molecular weight excluding hydrogens is 943 g/mol. The molecule has 4 rings (SSSR count). The summed E-state index contributed by atoms with van der Waals surface area (Å²) in [4.78, 5) is 68.6. The van der Waals surface area contributed by atoms with E-state index in [4.69, 9.17) is 27.8 Å². The van der Waals surface area contributed by atoms with Crippen LogP contribution in [0.2, 0.25) is 36.3 Å². The van der Waals surface area contributed by atoms with Gasteiger partial charge >= 0.3 is 17.8 Å². The number of nitrogens with zero attached hydrogens (tertiary/aromatic N) is 2. The molecule has 1 aliphatic rings. The van der Waals surface area contributed by atoms with Crippen LogP contribution in [0, 0.1) is 5.92 Å². The first-order valence-corrected chi connectivity index (χ1v) is 30.5. The number of carbonyl (C=O) groups excluding carboxylic acids is 3. The second-order valence-corrected chi connectivity index (χ2v) is 32.5. The van der Waals surface area contributed by atoms with Crippen LogP contribution in [0.3, 0.4) is 0 Å². The topological polar surface area (TPSA) is 207 Å². The molecule has 1 unspecified atom stereocenters. The van der Waals surface area contributed by atoms with E-state index >= 15 is 0 Å². The average Bonchev–Trinajstić information content (AvgIpc) is 3.59. The van der Waals surface area contributed by atoms with Gasteiger partial charge in [0.1, 0.15) is 54.5 Å². The molecule has 1 fully saturated rings. The third-order valence-electron chi connectivity index (χ3n) is 13.5. The highest BCUT2D eigenvalue weighted by molar-refractivity contribution is 6.74. The average molecular weight is 1030 g/mol. The summed E-state index contributed by atoms with van der Waals surface area (Å²) in [5, 5.41) is 20.9. The van der Waals surface area contributed by atoms with E-state index in [9.17, 15) is 29.1 Å². The number of aromatic nitrogens is 2. The van der Waals surface area contributed by atoms with E-state index in [1.807, 2.05) is 44.2 Å². The Balaban J connectivity index is 1.69. The predicted molar refractivity (Wildman–Crippen MR) is 279 cm³/mol. The van der Waals surface area contributed by atoms with Gasteiger partial charge in [0, 0.05) is 18.8 Å². The summed E-state index contributed by atoms with van der Waals surface area (Å²) in [6.45, 7) is 30.2. The summed E-state index contributed by atoms with van der Waals surface area (Å²) in [7, 11) is -3.95. The van der Waals surface area contributed by atoms with Crippen molar-refractivity contribution >= 4 is 34.6 Å². The lowest BCUT2D eigenvalue weighted by Gasteiger charge is -2.44. The molecule has 1 aliphatic heterocycles. The summed E-state index contributed by atoms with van der Waals surface area (Å²) in [5.74, 6) is -0.446. The molecule has 0 aliphatic carbocycles. The maximum absolute atomic E-state index is 14.7. The zero-order valence-corrected chi connectivity index (χ0v) is 47.0. The molecule has 17 nitrogen and oxygen atoms in total. The number of esters is 1. The number of rotatable bonds is 22. The number of nitrogens with one attached hydrogen (secondary N) is 3. The Labute approximate surface area is 422 Å². The van der Waals surface area contributed by atoms with Crippen molar-refractivity contribution in [1.82, 2.24) is 25.1 Å². The molecule has 0 saturated carbocycles. The minimum absolute atomic E-state index is 0.0415. The number of aliphatic hydroxyl groups is 1. The van der Waals surface area contributed by atoms with Crippen LogP contribution >= 0.6 is 0 Å². The summed E-state index contributed by atoms with van der Waals surface area (Å²) in [6, 6.07) is 15.3. The number of aliphatic hydroxyl groups excluding tert-OH is 1. The maximum Gasteiger partial charge on any atom is 0.408 e. The Morgan fingerprint density at radius 3 is 1.94 bits per heavy atom. The van der Waals surface area contributed by atoms with Crippen LogP contribution in [0.1, 0.15) is 106 Å². The number of alkyl carbamates (subject to hydrolysis) is 1. The molecule has 2 heterocycles. The molecule has 0 radical (unpaired) electrons. The first-order valence-electron chi connectivity index (χ1n) is 24.7. The predicted octanol–water partition coefficient (Wildman–Crippen LogP) is 7.25. The molecule has 1 saturated heterocycles. The van der Waals surface area contributed by atoms with E-state index in [0.29, 0.717) is 24.2 Å². The van der Waals surface area contributed by atoms with Gasteiger partial charge in [-0.05, 0) is 106 Å². The lowest BCUT2D eigenvalue weighted by molar-refractivity contribution is -0.166. The smallest absolute Gasteiger partial charge is 0.408 e. The van der Waals surface area contributed by atoms with Crippen LogP contribution in [0.15, 0.2) is 76.4 Å². The van der Waals surface area contributed by atoms with Gasteiger partial charge in [0.2, 0.25) is 5.91 Å². The van der Waals surface area contributed by atoms with Crippen molar-refractivity contribution in [3.05, 3.63) is 98.8 Å². The number of hydrogen-bond donors (Lipinski definition) is 4. The molecule has 0 spiro atoms. The van der Waals surface area contributed by atoms with Gasteiger partial charge in [-0.1, -0.05) is 97.9 Å². The van der Waals surface area contributed by atoms with Crippen molar-refractivity contribution in [1.29, 1.82) is 0 Å². The van der Waals surface area contributed by atoms with Gasteiger partial charge in [0.15, 0.2) is 22.9 Å². The van der Waals surface area contributed by atoms with Gasteiger partial charge in [0.25, 0.3) is 5.56 Å². The van der Waals surface area contributed by atoms with E-state index in [-0.39, 0.29) is 42.2 Å². The van der Waals surface area contributed by atoms with E-state index in [1.165, 1.54) is 16.8 Å². The molecule has 2 amide bonds. The quantitative estimate of drug-likeness (QED) is 0.0445.